The lowest BCUT2D eigenvalue weighted by Crippen LogP contribution is -2.17. The molecule has 0 aliphatic heterocycles. The van der Waals surface area contributed by atoms with Gasteiger partial charge in [0.05, 0.1) is 5.56 Å². The van der Waals surface area contributed by atoms with Crippen LogP contribution < -0.4 is 10.5 Å². The molecule has 1 aromatic carbocycles. The third kappa shape index (κ3) is 3.06. The fourth-order valence-corrected chi connectivity index (χ4v) is 1.83. The van der Waals surface area contributed by atoms with Crippen molar-refractivity contribution >= 4 is 5.84 Å². The Balaban J connectivity index is 2.31. The van der Waals surface area contributed by atoms with E-state index in [0.717, 1.165) is 11.3 Å². The van der Waals surface area contributed by atoms with Crippen LogP contribution in [0.15, 0.2) is 47.6 Å². The van der Waals surface area contributed by atoms with Crippen molar-refractivity contribution in [2.75, 3.05) is 0 Å². The number of pyridine rings is 1. The maximum absolute atomic E-state index is 8.81. The molecule has 0 fully saturated rings. The van der Waals surface area contributed by atoms with Crippen LogP contribution in [0.1, 0.15) is 29.8 Å². The van der Waals surface area contributed by atoms with Gasteiger partial charge in [-0.2, -0.15) is 0 Å². The molecular formula is C15H17N3O2. The molecule has 1 atom stereocenters. The normalized spacial score (nSPS) is 13.0. The minimum absolute atomic E-state index is 0.0206. The van der Waals surface area contributed by atoms with Gasteiger partial charge in [-0.1, -0.05) is 35.5 Å². The first-order valence-electron chi connectivity index (χ1n) is 6.29. The van der Waals surface area contributed by atoms with Crippen molar-refractivity contribution in [2.24, 2.45) is 10.9 Å². The summed E-state index contributed by atoms with van der Waals surface area (Å²) < 4.78 is 5.85. The number of nitrogens with two attached hydrogens (primary N) is 1. The van der Waals surface area contributed by atoms with Crippen LogP contribution in [0.5, 0.6) is 5.88 Å². The molecule has 0 spiro atoms. The van der Waals surface area contributed by atoms with Gasteiger partial charge in [0, 0.05) is 5.69 Å². The number of hydrogen-bond donors (Lipinski definition) is 2. The summed E-state index contributed by atoms with van der Waals surface area (Å²) in [4.78, 5) is 4.31. The Morgan fingerprint density at radius 3 is 2.60 bits per heavy atom. The molecule has 3 N–H and O–H groups in total. The molecule has 0 saturated carbocycles. The molecule has 1 aromatic heterocycles. The molecule has 0 aliphatic rings. The Morgan fingerprint density at radius 1 is 1.25 bits per heavy atom. The van der Waals surface area contributed by atoms with Gasteiger partial charge in [-0.25, -0.2) is 4.98 Å². The van der Waals surface area contributed by atoms with E-state index in [2.05, 4.69) is 10.1 Å². The average molecular weight is 271 g/mol. The van der Waals surface area contributed by atoms with Gasteiger partial charge in [-0.3, -0.25) is 0 Å². The third-order valence-electron chi connectivity index (χ3n) is 2.94. The Kier molecular flexibility index (Phi) is 4.20. The van der Waals surface area contributed by atoms with E-state index in [1.807, 2.05) is 44.2 Å². The van der Waals surface area contributed by atoms with Gasteiger partial charge < -0.3 is 15.7 Å². The fraction of sp³-hybridized carbons (Fsp3) is 0.200. The summed E-state index contributed by atoms with van der Waals surface area (Å²) in [5.74, 6) is 0.337. The molecule has 0 saturated heterocycles. The second kappa shape index (κ2) is 6.06. The quantitative estimate of drug-likeness (QED) is 0.387. The molecule has 1 unspecified atom stereocenters. The lowest BCUT2D eigenvalue weighted by atomic mass is 10.1. The Morgan fingerprint density at radius 2 is 1.95 bits per heavy atom. The van der Waals surface area contributed by atoms with Crippen LogP contribution in [-0.2, 0) is 0 Å². The first-order chi connectivity index (χ1) is 9.61. The molecule has 0 bridgehead atoms. The van der Waals surface area contributed by atoms with Crippen LogP contribution in [-0.4, -0.2) is 16.0 Å². The highest BCUT2D eigenvalue weighted by molar-refractivity contribution is 5.99. The van der Waals surface area contributed by atoms with Gasteiger partial charge in [-0.15, -0.1) is 0 Å². The van der Waals surface area contributed by atoms with Crippen molar-refractivity contribution in [3.8, 4) is 5.88 Å². The maximum Gasteiger partial charge on any atom is 0.225 e. The van der Waals surface area contributed by atoms with E-state index < -0.39 is 0 Å². The number of rotatable bonds is 4. The zero-order valence-electron chi connectivity index (χ0n) is 11.4. The number of ether oxygens (including phenoxy) is 1. The number of nitrogens with zero attached hydrogens (tertiary/aromatic N) is 2. The molecular weight excluding hydrogens is 254 g/mol. The molecule has 0 radical (unpaired) electrons. The van der Waals surface area contributed by atoms with Gasteiger partial charge in [-0.05, 0) is 31.5 Å². The molecule has 1 heterocycles. The van der Waals surface area contributed by atoms with Crippen molar-refractivity contribution in [3.63, 3.8) is 0 Å². The van der Waals surface area contributed by atoms with Crippen LogP contribution in [0.2, 0.25) is 0 Å². The number of aromatic nitrogens is 1. The van der Waals surface area contributed by atoms with Crippen molar-refractivity contribution in [3.05, 3.63) is 59.3 Å². The number of oxime groups is 1. The topological polar surface area (TPSA) is 80.7 Å². The van der Waals surface area contributed by atoms with Crippen LogP contribution in [0.3, 0.4) is 0 Å². The van der Waals surface area contributed by atoms with Crippen LogP contribution >= 0.6 is 0 Å². The molecule has 2 aromatic rings. The standard InChI is InChI=1S/C15H17N3O2/c1-10-8-9-13(14(16)18-19)15(17-10)20-11(2)12-6-4-3-5-7-12/h3-9,11,19H,1-2H3,(H2,16,18). The maximum atomic E-state index is 8.81. The molecule has 104 valence electrons. The summed E-state index contributed by atoms with van der Waals surface area (Å²) >= 11 is 0. The minimum atomic E-state index is -0.184. The lowest BCUT2D eigenvalue weighted by Gasteiger charge is -2.16. The van der Waals surface area contributed by atoms with Crippen LogP contribution in [0.4, 0.5) is 0 Å². The third-order valence-corrected chi connectivity index (χ3v) is 2.94. The van der Waals surface area contributed by atoms with Crippen molar-refractivity contribution < 1.29 is 9.94 Å². The fourth-order valence-electron chi connectivity index (χ4n) is 1.83. The Labute approximate surface area is 117 Å². The van der Waals surface area contributed by atoms with E-state index in [-0.39, 0.29) is 11.9 Å². The predicted octanol–water partition coefficient (Wildman–Crippen LogP) is 2.62. The molecule has 5 nitrogen and oxygen atoms in total. The summed E-state index contributed by atoms with van der Waals surface area (Å²) in [5.41, 5.74) is 7.94. The van der Waals surface area contributed by atoms with Crippen molar-refractivity contribution in [1.82, 2.24) is 4.98 Å². The summed E-state index contributed by atoms with van der Waals surface area (Å²) in [6, 6.07) is 13.3. The summed E-state index contributed by atoms with van der Waals surface area (Å²) in [5, 5.41) is 11.8. The summed E-state index contributed by atoms with van der Waals surface area (Å²) in [6.07, 6.45) is -0.184. The number of aryl methyl sites for hydroxylation is 1. The molecule has 20 heavy (non-hydrogen) atoms. The number of benzene rings is 1. The first-order valence-corrected chi connectivity index (χ1v) is 6.29. The van der Waals surface area contributed by atoms with E-state index in [4.69, 9.17) is 15.7 Å². The summed E-state index contributed by atoms with van der Waals surface area (Å²) in [6.45, 7) is 3.78. The molecule has 0 amide bonds. The second-order valence-electron chi connectivity index (χ2n) is 4.46. The number of hydrogen-bond acceptors (Lipinski definition) is 4. The van der Waals surface area contributed by atoms with E-state index in [1.54, 1.807) is 12.1 Å². The highest BCUT2D eigenvalue weighted by Gasteiger charge is 2.14. The van der Waals surface area contributed by atoms with Crippen LogP contribution in [0, 0.1) is 6.92 Å². The van der Waals surface area contributed by atoms with Gasteiger partial charge in [0.15, 0.2) is 5.84 Å². The van der Waals surface area contributed by atoms with E-state index in [1.165, 1.54) is 0 Å². The van der Waals surface area contributed by atoms with E-state index in [9.17, 15) is 0 Å². The van der Waals surface area contributed by atoms with E-state index >= 15 is 0 Å². The zero-order valence-corrected chi connectivity index (χ0v) is 11.4. The monoisotopic (exact) mass is 271 g/mol. The van der Waals surface area contributed by atoms with Gasteiger partial charge in [0.25, 0.3) is 0 Å². The number of amidine groups is 1. The van der Waals surface area contributed by atoms with Gasteiger partial charge in [0.1, 0.15) is 6.10 Å². The smallest absolute Gasteiger partial charge is 0.225 e. The molecule has 5 heteroatoms. The van der Waals surface area contributed by atoms with Crippen molar-refractivity contribution in [2.45, 2.75) is 20.0 Å². The highest BCUT2D eigenvalue weighted by atomic mass is 16.5. The predicted molar refractivity (Wildman–Crippen MR) is 77.0 cm³/mol. The van der Waals surface area contributed by atoms with Gasteiger partial charge in [0.2, 0.25) is 5.88 Å². The average Bonchev–Trinajstić information content (AvgIpc) is 2.47. The second-order valence-corrected chi connectivity index (χ2v) is 4.46. The molecule has 0 aliphatic carbocycles. The van der Waals surface area contributed by atoms with Crippen LogP contribution in [0.25, 0.3) is 0 Å². The van der Waals surface area contributed by atoms with E-state index in [0.29, 0.717) is 11.4 Å². The highest BCUT2D eigenvalue weighted by Crippen LogP contribution is 2.23. The van der Waals surface area contributed by atoms with Gasteiger partial charge >= 0.3 is 0 Å². The zero-order chi connectivity index (χ0) is 14.5. The first kappa shape index (κ1) is 13.9. The molecule has 2 rings (SSSR count). The minimum Gasteiger partial charge on any atom is -0.469 e. The Hall–Kier alpha value is -2.56. The lowest BCUT2D eigenvalue weighted by molar-refractivity contribution is 0.216. The Bertz CT molecular complexity index is 612. The summed E-state index contributed by atoms with van der Waals surface area (Å²) in [7, 11) is 0. The SMILES string of the molecule is Cc1ccc(C(N)=NO)c(OC(C)c2ccccc2)n1. The van der Waals surface area contributed by atoms with Crippen molar-refractivity contribution in [1.29, 1.82) is 0 Å². The largest absolute Gasteiger partial charge is 0.469 e.